The average molecular weight is 495 g/mol. The summed E-state index contributed by atoms with van der Waals surface area (Å²) < 4.78 is 22.9. The fourth-order valence-electron chi connectivity index (χ4n) is 6.21. The highest BCUT2D eigenvalue weighted by atomic mass is 35.5. The Labute approximate surface area is 204 Å². The van der Waals surface area contributed by atoms with Gasteiger partial charge >= 0.3 is 11.9 Å². The summed E-state index contributed by atoms with van der Waals surface area (Å²) >= 11 is 0. The number of carbonyl (C=O) groups is 2. The Kier molecular flexibility index (Phi) is 6.35. The van der Waals surface area contributed by atoms with Crippen molar-refractivity contribution >= 4 is 24.3 Å². The molecule has 0 amide bonds. The van der Waals surface area contributed by atoms with E-state index in [4.69, 9.17) is 24.7 Å². The smallest absolute Gasteiger partial charge is 0.352 e. The second-order valence-electron chi connectivity index (χ2n) is 9.38. The van der Waals surface area contributed by atoms with E-state index >= 15 is 0 Å². The molecule has 3 N–H and O–H groups in total. The lowest BCUT2D eigenvalue weighted by molar-refractivity contribution is -0.175. The van der Waals surface area contributed by atoms with E-state index in [-0.39, 0.29) is 31.4 Å². The number of likely N-dealkylation sites (tertiary alicyclic amines) is 1. The Hall–Kier alpha value is -2.33. The van der Waals surface area contributed by atoms with Crippen LogP contribution in [0, 0.1) is 0 Å². The van der Waals surface area contributed by atoms with Crippen molar-refractivity contribution < 1.29 is 33.6 Å². The van der Waals surface area contributed by atoms with Gasteiger partial charge in [-0.2, -0.15) is 0 Å². The molecule has 10 heteroatoms. The Balaban J connectivity index is 0.00000274. The SMILES string of the molecule is COc1ccc2c3c1O[C@H]1C(OC(=O)[C@H](C)OC(=O)CCN)=CC[C@@]4(O)[C@H](C2)N(C)CC[C@]314.Cl. The molecule has 186 valence electrons. The lowest BCUT2D eigenvalue weighted by Crippen LogP contribution is -2.74. The van der Waals surface area contributed by atoms with Crippen LogP contribution < -0.4 is 15.2 Å². The highest BCUT2D eigenvalue weighted by molar-refractivity contribution is 5.85. The summed E-state index contributed by atoms with van der Waals surface area (Å²) in [4.78, 5) is 26.7. The van der Waals surface area contributed by atoms with Crippen LogP contribution in [0.3, 0.4) is 0 Å². The fraction of sp³-hybridized carbons (Fsp3) is 0.583. The van der Waals surface area contributed by atoms with Crippen LogP contribution in [0.15, 0.2) is 24.0 Å². The van der Waals surface area contributed by atoms with Crippen molar-refractivity contribution in [1.82, 2.24) is 4.90 Å². The number of likely N-dealkylation sites (N-methyl/N-ethyl adjacent to an activating group) is 1. The molecule has 5 rings (SSSR count). The van der Waals surface area contributed by atoms with Crippen molar-refractivity contribution in [3.05, 3.63) is 35.1 Å². The van der Waals surface area contributed by atoms with Gasteiger partial charge in [-0.05, 0) is 51.1 Å². The van der Waals surface area contributed by atoms with Gasteiger partial charge in [0.25, 0.3) is 0 Å². The molecule has 9 nitrogen and oxygen atoms in total. The van der Waals surface area contributed by atoms with Crippen molar-refractivity contribution in [1.29, 1.82) is 0 Å². The Morgan fingerprint density at radius 1 is 1.38 bits per heavy atom. The molecular formula is C24H31ClN2O7. The molecule has 0 unspecified atom stereocenters. The molecule has 0 aromatic heterocycles. The van der Waals surface area contributed by atoms with Gasteiger partial charge in [0, 0.05) is 24.6 Å². The lowest BCUT2D eigenvalue weighted by Gasteiger charge is -2.61. The largest absolute Gasteiger partial charge is 0.493 e. The molecule has 1 saturated heterocycles. The third-order valence-electron chi connectivity index (χ3n) is 7.77. The summed E-state index contributed by atoms with van der Waals surface area (Å²) in [6, 6.07) is 3.84. The third kappa shape index (κ3) is 3.25. The predicted octanol–water partition coefficient (Wildman–Crippen LogP) is 1.22. The van der Waals surface area contributed by atoms with Gasteiger partial charge in [0.05, 0.1) is 24.5 Å². The molecule has 2 heterocycles. The summed E-state index contributed by atoms with van der Waals surface area (Å²) in [5.41, 5.74) is 5.61. The second kappa shape index (κ2) is 8.71. The number of carbonyl (C=O) groups excluding carboxylic acids is 2. The number of rotatable bonds is 6. The van der Waals surface area contributed by atoms with Gasteiger partial charge in [-0.25, -0.2) is 4.79 Å². The van der Waals surface area contributed by atoms with Gasteiger partial charge in [-0.3, -0.25) is 4.79 Å². The Morgan fingerprint density at radius 2 is 2.15 bits per heavy atom. The van der Waals surface area contributed by atoms with Gasteiger partial charge in [0.15, 0.2) is 23.7 Å². The number of hydrogen-bond donors (Lipinski definition) is 2. The van der Waals surface area contributed by atoms with Gasteiger partial charge in [-0.15, -0.1) is 12.4 Å². The van der Waals surface area contributed by atoms with E-state index in [1.165, 1.54) is 6.92 Å². The predicted molar refractivity (Wildman–Crippen MR) is 124 cm³/mol. The molecule has 1 fully saturated rings. The van der Waals surface area contributed by atoms with Crippen molar-refractivity contribution in [2.24, 2.45) is 5.73 Å². The van der Waals surface area contributed by atoms with Crippen LogP contribution in [0.2, 0.25) is 0 Å². The number of ether oxygens (including phenoxy) is 4. The highest BCUT2D eigenvalue weighted by Gasteiger charge is 2.72. The Morgan fingerprint density at radius 3 is 2.85 bits per heavy atom. The molecule has 5 atom stereocenters. The fourth-order valence-corrected chi connectivity index (χ4v) is 6.21. The first kappa shape index (κ1) is 24.8. The van der Waals surface area contributed by atoms with Gasteiger partial charge in [0.1, 0.15) is 5.76 Å². The maximum Gasteiger partial charge on any atom is 0.352 e. The minimum absolute atomic E-state index is 0. The van der Waals surface area contributed by atoms with Crippen molar-refractivity contribution in [3.8, 4) is 11.5 Å². The van der Waals surface area contributed by atoms with Crippen LogP contribution in [-0.2, 0) is 30.9 Å². The van der Waals surface area contributed by atoms with E-state index in [0.717, 1.165) is 17.7 Å². The monoisotopic (exact) mass is 494 g/mol. The molecule has 2 aliphatic heterocycles. The van der Waals surface area contributed by atoms with E-state index < -0.39 is 35.2 Å². The number of esters is 2. The summed E-state index contributed by atoms with van der Waals surface area (Å²) in [5.74, 6) is 0.276. The number of halogens is 1. The summed E-state index contributed by atoms with van der Waals surface area (Å²) in [6.07, 6.45) is 1.66. The number of piperidine rings is 1. The number of hydrogen-bond acceptors (Lipinski definition) is 9. The van der Waals surface area contributed by atoms with Gasteiger partial charge < -0.3 is 34.7 Å². The zero-order valence-corrected chi connectivity index (χ0v) is 20.4. The summed E-state index contributed by atoms with van der Waals surface area (Å²) in [7, 11) is 3.62. The minimum atomic E-state index is -1.09. The summed E-state index contributed by atoms with van der Waals surface area (Å²) in [6.45, 7) is 2.38. The molecule has 0 radical (unpaired) electrons. The van der Waals surface area contributed by atoms with Crippen LogP contribution in [0.5, 0.6) is 11.5 Å². The quantitative estimate of drug-likeness (QED) is 0.562. The summed E-state index contributed by atoms with van der Waals surface area (Å²) in [5, 5.41) is 12.2. The molecule has 0 saturated carbocycles. The van der Waals surface area contributed by atoms with Crippen molar-refractivity contribution in [2.75, 3.05) is 27.2 Å². The lowest BCUT2D eigenvalue weighted by atomic mass is 9.50. The van der Waals surface area contributed by atoms with Crippen molar-refractivity contribution in [3.63, 3.8) is 0 Å². The zero-order valence-electron chi connectivity index (χ0n) is 19.5. The second-order valence-corrected chi connectivity index (χ2v) is 9.38. The first-order valence-electron chi connectivity index (χ1n) is 11.4. The van der Waals surface area contributed by atoms with Gasteiger partial charge in [0.2, 0.25) is 0 Å². The normalized spacial score (nSPS) is 31.3. The van der Waals surface area contributed by atoms with Crippen LogP contribution in [-0.4, -0.2) is 73.0 Å². The molecule has 2 bridgehead atoms. The van der Waals surface area contributed by atoms with Crippen LogP contribution in [0.4, 0.5) is 0 Å². The molecule has 4 aliphatic rings. The first-order valence-corrected chi connectivity index (χ1v) is 11.4. The maximum atomic E-state index is 12.8. The highest BCUT2D eigenvalue weighted by Crippen LogP contribution is 2.65. The molecule has 34 heavy (non-hydrogen) atoms. The molecular weight excluding hydrogens is 464 g/mol. The minimum Gasteiger partial charge on any atom is -0.493 e. The van der Waals surface area contributed by atoms with Crippen LogP contribution >= 0.6 is 12.4 Å². The number of nitrogens with zero attached hydrogens (tertiary/aromatic N) is 1. The molecule has 1 aromatic carbocycles. The van der Waals surface area contributed by atoms with E-state index in [1.807, 2.05) is 19.2 Å². The van der Waals surface area contributed by atoms with Crippen molar-refractivity contribution in [2.45, 2.75) is 61.9 Å². The number of nitrogens with two attached hydrogens (primary N) is 1. The third-order valence-corrected chi connectivity index (χ3v) is 7.77. The standard InChI is InChI=1S/C24H30N2O7.ClH/c1-13(31-18(27)7-10-25)22(28)32-16-6-8-24(29)17-12-14-4-5-15(30-3)20-19(14)23(24,21(16)33-20)9-11-26(17)2;/h4-6,13,17,21,29H,7-12,25H2,1-3H3;1H/t13-,17-,21-,23-,24+;/m0./s1. The van der Waals surface area contributed by atoms with E-state index in [2.05, 4.69) is 4.90 Å². The van der Waals surface area contributed by atoms with Crippen LogP contribution in [0.25, 0.3) is 0 Å². The van der Waals surface area contributed by atoms with Crippen LogP contribution in [0.1, 0.15) is 37.3 Å². The molecule has 1 aromatic rings. The zero-order chi connectivity index (χ0) is 23.5. The topological polar surface area (TPSA) is 121 Å². The van der Waals surface area contributed by atoms with E-state index in [1.54, 1.807) is 13.2 Å². The number of methoxy groups -OCH3 is 1. The number of aliphatic hydroxyl groups is 1. The first-order chi connectivity index (χ1) is 15.8. The number of benzene rings is 1. The van der Waals surface area contributed by atoms with E-state index in [0.29, 0.717) is 36.5 Å². The molecule has 1 spiro atoms. The Bertz CT molecular complexity index is 1050. The molecule has 2 aliphatic carbocycles. The average Bonchev–Trinajstić information content (AvgIpc) is 3.13. The van der Waals surface area contributed by atoms with E-state index in [9.17, 15) is 14.7 Å². The maximum absolute atomic E-state index is 12.8. The van der Waals surface area contributed by atoms with Gasteiger partial charge in [-0.1, -0.05) is 6.07 Å².